The predicted octanol–water partition coefficient (Wildman–Crippen LogP) is 7.00. The number of aryl methyl sites for hydroxylation is 3. The summed E-state index contributed by atoms with van der Waals surface area (Å²) in [6, 6.07) is 5.09. The molecule has 0 spiro atoms. The zero-order valence-electron chi connectivity index (χ0n) is 20.6. The minimum atomic E-state index is 0.469. The van der Waals surface area contributed by atoms with Crippen molar-refractivity contribution in [1.29, 1.82) is 0 Å². The molecule has 0 unspecified atom stereocenters. The molecule has 31 heavy (non-hydrogen) atoms. The van der Waals surface area contributed by atoms with Crippen molar-refractivity contribution >= 4 is 0 Å². The Kier molecular flexibility index (Phi) is 11.6. The molecular formula is C29H48N2. The highest BCUT2D eigenvalue weighted by Crippen LogP contribution is 2.43. The fraction of sp³-hybridized carbons (Fsp3) is 0.655. The molecule has 0 fully saturated rings. The first-order valence-electron chi connectivity index (χ1n) is 12.9. The molecule has 0 radical (unpaired) electrons. The average Bonchev–Trinajstić information content (AvgIpc) is 2.74. The zero-order valence-corrected chi connectivity index (χ0v) is 20.6. The summed E-state index contributed by atoms with van der Waals surface area (Å²) >= 11 is 0. The van der Waals surface area contributed by atoms with E-state index in [4.69, 9.17) is 11.5 Å². The standard InChI is InChI=1S/C29H48N2/c1-5-6-7-12-24-20-25(13-8-10-17-30)29(26(21-24)14-9-11-18-31)28-19-23(4)15-16-27(28)22(2)3/h19-21,27-28H,2,5-18,30-31H2,1,3-4H3/t27-,28+/m0/s1. The van der Waals surface area contributed by atoms with Gasteiger partial charge in [-0.25, -0.2) is 0 Å². The number of rotatable bonds is 14. The molecule has 2 heteroatoms. The molecule has 0 heterocycles. The van der Waals surface area contributed by atoms with Crippen LogP contribution >= 0.6 is 0 Å². The lowest BCUT2D eigenvalue weighted by atomic mass is 9.71. The molecule has 4 N–H and O–H groups in total. The highest BCUT2D eigenvalue weighted by Gasteiger charge is 2.29. The van der Waals surface area contributed by atoms with Gasteiger partial charge in [-0.05, 0) is 119 Å². The van der Waals surface area contributed by atoms with Gasteiger partial charge in [0.15, 0.2) is 0 Å². The summed E-state index contributed by atoms with van der Waals surface area (Å²) in [6.07, 6.45) is 16.9. The molecule has 0 amide bonds. The van der Waals surface area contributed by atoms with Gasteiger partial charge in [0.25, 0.3) is 0 Å². The van der Waals surface area contributed by atoms with Crippen LogP contribution < -0.4 is 11.5 Å². The van der Waals surface area contributed by atoms with Gasteiger partial charge >= 0.3 is 0 Å². The number of unbranched alkanes of at least 4 members (excludes halogenated alkanes) is 4. The summed E-state index contributed by atoms with van der Waals surface area (Å²) in [6.45, 7) is 12.8. The summed E-state index contributed by atoms with van der Waals surface area (Å²) in [5, 5.41) is 0. The van der Waals surface area contributed by atoms with Crippen LogP contribution in [0.3, 0.4) is 0 Å². The van der Waals surface area contributed by atoms with Crippen LogP contribution in [-0.2, 0) is 19.3 Å². The maximum absolute atomic E-state index is 5.84. The summed E-state index contributed by atoms with van der Waals surface area (Å²) in [5.41, 5.74) is 20.9. The highest BCUT2D eigenvalue weighted by atomic mass is 14.5. The Bertz CT molecular complexity index is 684. The van der Waals surface area contributed by atoms with E-state index in [2.05, 4.69) is 45.6 Å². The lowest BCUT2D eigenvalue weighted by Gasteiger charge is -2.34. The first kappa shape index (κ1) is 25.9. The molecule has 1 aromatic carbocycles. The minimum Gasteiger partial charge on any atom is -0.330 e. The van der Waals surface area contributed by atoms with Crippen LogP contribution in [-0.4, -0.2) is 13.1 Å². The molecule has 0 aromatic heterocycles. The van der Waals surface area contributed by atoms with E-state index in [1.54, 1.807) is 16.7 Å². The largest absolute Gasteiger partial charge is 0.330 e. The normalized spacial score (nSPS) is 18.8. The van der Waals surface area contributed by atoms with E-state index in [-0.39, 0.29) is 0 Å². The maximum Gasteiger partial charge on any atom is 0.00914 e. The van der Waals surface area contributed by atoms with Gasteiger partial charge < -0.3 is 11.5 Å². The molecule has 0 saturated heterocycles. The maximum atomic E-state index is 5.84. The molecule has 174 valence electrons. The third-order valence-electron chi connectivity index (χ3n) is 6.99. The second-order valence-corrected chi connectivity index (χ2v) is 9.81. The average molecular weight is 425 g/mol. The van der Waals surface area contributed by atoms with Gasteiger partial charge in [0.05, 0.1) is 0 Å². The first-order valence-corrected chi connectivity index (χ1v) is 12.9. The van der Waals surface area contributed by atoms with Crippen LogP contribution in [0.25, 0.3) is 0 Å². The van der Waals surface area contributed by atoms with E-state index in [9.17, 15) is 0 Å². The topological polar surface area (TPSA) is 52.0 Å². The summed E-state index contributed by atoms with van der Waals surface area (Å²) in [4.78, 5) is 0. The molecule has 1 aromatic rings. The Morgan fingerprint density at radius 3 is 2.03 bits per heavy atom. The van der Waals surface area contributed by atoms with Crippen molar-refractivity contribution in [1.82, 2.24) is 0 Å². The van der Waals surface area contributed by atoms with E-state index in [0.29, 0.717) is 11.8 Å². The van der Waals surface area contributed by atoms with Gasteiger partial charge in [-0.15, -0.1) is 0 Å². The number of hydrogen-bond donors (Lipinski definition) is 2. The van der Waals surface area contributed by atoms with Crippen molar-refractivity contribution < 1.29 is 0 Å². The van der Waals surface area contributed by atoms with Crippen LogP contribution in [0.4, 0.5) is 0 Å². The van der Waals surface area contributed by atoms with Gasteiger partial charge in [0, 0.05) is 5.92 Å². The van der Waals surface area contributed by atoms with E-state index in [0.717, 1.165) is 38.8 Å². The second kappa shape index (κ2) is 13.9. The number of nitrogens with two attached hydrogens (primary N) is 2. The number of benzene rings is 1. The molecule has 0 bridgehead atoms. The lowest BCUT2D eigenvalue weighted by molar-refractivity contribution is 0.477. The Labute approximate surface area is 192 Å². The Balaban J connectivity index is 2.52. The fourth-order valence-electron chi connectivity index (χ4n) is 5.24. The smallest absolute Gasteiger partial charge is 0.00914 e. The fourth-order valence-corrected chi connectivity index (χ4v) is 5.24. The number of allylic oxidation sites excluding steroid dienone is 3. The van der Waals surface area contributed by atoms with Crippen molar-refractivity contribution in [2.45, 2.75) is 104 Å². The Hall–Kier alpha value is -1.38. The van der Waals surface area contributed by atoms with E-state index in [1.165, 1.54) is 68.1 Å². The molecule has 1 aliphatic rings. The van der Waals surface area contributed by atoms with Crippen LogP contribution in [0.5, 0.6) is 0 Å². The van der Waals surface area contributed by atoms with Gasteiger partial charge in [0.1, 0.15) is 0 Å². The molecule has 2 nitrogen and oxygen atoms in total. The molecule has 0 aliphatic heterocycles. The molecule has 2 atom stereocenters. The van der Waals surface area contributed by atoms with Crippen LogP contribution in [0, 0.1) is 5.92 Å². The molecule has 2 rings (SSSR count). The molecule has 1 aliphatic carbocycles. The third-order valence-corrected chi connectivity index (χ3v) is 6.99. The Morgan fingerprint density at radius 2 is 1.52 bits per heavy atom. The summed E-state index contributed by atoms with van der Waals surface area (Å²) < 4.78 is 0. The van der Waals surface area contributed by atoms with E-state index >= 15 is 0 Å². The lowest BCUT2D eigenvalue weighted by Crippen LogP contribution is -2.20. The second-order valence-electron chi connectivity index (χ2n) is 9.81. The third kappa shape index (κ3) is 7.91. The SMILES string of the molecule is C=C(C)[C@@H]1CCC(C)=C[C@H]1c1c(CCCCN)cc(CCCCC)cc1CCCCN. The Morgan fingerprint density at radius 1 is 0.935 bits per heavy atom. The highest BCUT2D eigenvalue weighted by molar-refractivity contribution is 5.46. The van der Waals surface area contributed by atoms with Crippen LogP contribution in [0.1, 0.15) is 107 Å². The first-order chi connectivity index (χ1) is 15.0. The number of hydrogen-bond acceptors (Lipinski definition) is 2. The van der Waals surface area contributed by atoms with E-state index in [1.807, 2.05) is 0 Å². The minimum absolute atomic E-state index is 0.469. The van der Waals surface area contributed by atoms with Gasteiger partial charge in [-0.3, -0.25) is 0 Å². The summed E-state index contributed by atoms with van der Waals surface area (Å²) in [5.74, 6) is 1.02. The van der Waals surface area contributed by atoms with Crippen molar-refractivity contribution in [3.63, 3.8) is 0 Å². The van der Waals surface area contributed by atoms with E-state index < -0.39 is 0 Å². The zero-order chi connectivity index (χ0) is 22.6. The van der Waals surface area contributed by atoms with Gasteiger partial charge in [-0.1, -0.05) is 55.7 Å². The van der Waals surface area contributed by atoms with Crippen LogP contribution in [0.15, 0.2) is 35.9 Å². The van der Waals surface area contributed by atoms with Gasteiger partial charge in [0.2, 0.25) is 0 Å². The summed E-state index contributed by atoms with van der Waals surface area (Å²) in [7, 11) is 0. The van der Waals surface area contributed by atoms with Crippen molar-refractivity contribution in [2.75, 3.05) is 13.1 Å². The van der Waals surface area contributed by atoms with Gasteiger partial charge in [-0.2, -0.15) is 0 Å². The monoisotopic (exact) mass is 424 g/mol. The van der Waals surface area contributed by atoms with Crippen LogP contribution in [0.2, 0.25) is 0 Å². The molecule has 0 saturated carbocycles. The van der Waals surface area contributed by atoms with Crippen molar-refractivity contribution in [2.24, 2.45) is 17.4 Å². The van der Waals surface area contributed by atoms with Crippen molar-refractivity contribution in [3.8, 4) is 0 Å². The quantitative estimate of drug-likeness (QED) is 0.249. The predicted molar refractivity (Wildman–Crippen MR) is 138 cm³/mol. The molecular weight excluding hydrogens is 376 g/mol. The van der Waals surface area contributed by atoms with Crippen molar-refractivity contribution in [3.05, 3.63) is 58.2 Å².